The van der Waals surface area contributed by atoms with Gasteiger partial charge in [0.05, 0.1) is 12.0 Å². The minimum Gasteiger partial charge on any atom is -0.480 e. The second kappa shape index (κ2) is 9.35. The molecular weight excluding hydrogens is 478 g/mol. The Kier molecular flexibility index (Phi) is 6.00. The van der Waals surface area contributed by atoms with Crippen molar-refractivity contribution < 1.29 is 33.8 Å². The number of nitrogens with zero attached hydrogens (tertiary/aromatic N) is 3. The molecule has 4 aliphatic heterocycles. The maximum atomic E-state index is 13.9. The summed E-state index contributed by atoms with van der Waals surface area (Å²) in [4.78, 5) is 48.1. The van der Waals surface area contributed by atoms with Crippen LogP contribution in [0, 0.1) is 5.92 Å². The summed E-state index contributed by atoms with van der Waals surface area (Å²) in [5.41, 5.74) is 1.84. The molecule has 4 aliphatic rings. The fourth-order valence-electron chi connectivity index (χ4n) is 6.08. The number of hydrogen-bond acceptors (Lipinski definition) is 7. The van der Waals surface area contributed by atoms with Crippen LogP contribution in [0.5, 0.6) is 11.5 Å². The van der Waals surface area contributed by atoms with Gasteiger partial charge in [-0.1, -0.05) is 36.4 Å². The highest BCUT2D eigenvalue weighted by Crippen LogP contribution is 2.48. The third kappa shape index (κ3) is 4.10. The van der Waals surface area contributed by atoms with Crippen LogP contribution in [-0.2, 0) is 25.8 Å². The standard InChI is InChI=1S/C27H29N3O7/c1-16-24-23(26(32)29(16)14-22(31)28-11-5-8-19(28)27(33)34)25(18-9-10-20-21(12-18)36-15-35-20)37-30(24)13-17-6-3-2-4-7-17/h2-4,6-7,9-10,12,16,19,23-25H,5,8,11,13-15H2,1H3,(H,33,34). The Hall–Kier alpha value is -3.63. The Bertz CT molecular complexity index is 1220. The van der Waals surface area contributed by atoms with Crippen LogP contribution in [0.25, 0.3) is 0 Å². The maximum Gasteiger partial charge on any atom is 0.326 e. The van der Waals surface area contributed by atoms with Gasteiger partial charge < -0.3 is 24.4 Å². The number of hydrogen-bond donors (Lipinski definition) is 1. The lowest BCUT2D eigenvalue weighted by molar-refractivity contribution is -0.184. The van der Waals surface area contributed by atoms with Crippen LogP contribution in [0.1, 0.15) is 37.0 Å². The third-order valence-electron chi connectivity index (χ3n) is 7.90. The smallest absolute Gasteiger partial charge is 0.326 e. The summed E-state index contributed by atoms with van der Waals surface area (Å²) in [6.07, 6.45) is 0.514. The van der Waals surface area contributed by atoms with Gasteiger partial charge in [0.25, 0.3) is 0 Å². The Balaban J connectivity index is 1.29. The average molecular weight is 508 g/mol. The molecule has 1 N–H and O–H groups in total. The lowest BCUT2D eigenvalue weighted by Gasteiger charge is -2.31. The second-order valence-electron chi connectivity index (χ2n) is 10.0. The van der Waals surface area contributed by atoms with Crippen LogP contribution in [-0.4, -0.2) is 75.8 Å². The molecule has 5 atom stereocenters. The summed E-state index contributed by atoms with van der Waals surface area (Å²) in [5.74, 6) is -0.778. The average Bonchev–Trinajstić information content (AvgIpc) is 3.67. The van der Waals surface area contributed by atoms with Crippen molar-refractivity contribution in [3.05, 3.63) is 59.7 Å². The van der Waals surface area contributed by atoms with Gasteiger partial charge in [0.1, 0.15) is 18.7 Å². The zero-order valence-corrected chi connectivity index (χ0v) is 20.5. The molecule has 2 amide bonds. The summed E-state index contributed by atoms with van der Waals surface area (Å²) in [6.45, 7) is 2.80. The first-order valence-corrected chi connectivity index (χ1v) is 12.6. The number of hydroxylamine groups is 2. The van der Waals surface area contributed by atoms with E-state index in [9.17, 15) is 19.5 Å². The number of benzene rings is 2. The number of carbonyl (C=O) groups is 3. The van der Waals surface area contributed by atoms with Gasteiger partial charge in [-0.2, -0.15) is 5.06 Å². The fraction of sp³-hybridized carbons (Fsp3) is 0.444. The van der Waals surface area contributed by atoms with Crippen LogP contribution in [0.15, 0.2) is 48.5 Å². The van der Waals surface area contributed by atoms with E-state index in [1.165, 1.54) is 4.90 Å². The minimum atomic E-state index is -1.01. The van der Waals surface area contributed by atoms with E-state index in [0.29, 0.717) is 37.4 Å². The van der Waals surface area contributed by atoms with Gasteiger partial charge in [-0.25, -0.2) is 4.79 Å². The van der Waals surface area contributed by atoms with Crippen LogP contribution < -0.4 is 9.47 Å². The number of ether oxygens (including phenoxy) is 2. The van der Waals surface area contributed by atoms with E-state index in [2.05, 4.69) is 0 Å². The van der Waals surface area contributed by atoms with E-state index in [1.807, 2.05) is 60.5 Å². The van der Waals surface area contributed by atoms with Gasteiger partial charge in [-0.15, -0.1) is 0 Å². The van der Waals surface area contributed by atoms with Gasteiger partial charge in [-0.05, 0) is 43.0 Å². The molecule has 194 valence electrons. The molecule has 3 saturated heterocycles. The molecule has 3 fully saturated rings. The molecule has 2 aromatic rings. The van der Waals surface area contributed by atoms with E-state index < -0.39 is 24.0 Å². The zero-order chi connectivity index (χ0) is 25.7. The number of fused-ring (bicyclic) bond motifs is 2. The molecule has 0 spiro atoms. The Morgan fingerprint density at radius 3 is 2.65 bits per heavy atom. The van der Waals surface area contributed by atoms with Crippen molar-refractivity contribution in [2.45, 2.75) is 50.5 Å². The van der Waals surface area contributed by atoms with Crippen molar-refractivity contribution in [2.75, 3.05) is 19.9 Å². The van der Waals surface area contributed by atoms with Crippen molar-refractivity contribution in [2.24, 2.45) is 5.92 Å². The molecule has 0 aromatic heterocycles. The lowest BCUT2D eigenvalue weighted by atomic mass is 9.90. The second-order valence-corrected chi connectivity index (χ2v) is 10.0. The SMILES string of the molecule is CC1C2C(C(=O)N1CC(=O)N1CCCC1C(=O)O)C(c1ccc3c(c1)OCO3)ON2Cc1ccccc1. The topological polar surface area (TPSA) is 109 Å². The molecule has 0 bridgehead atoms. The predicted molar refractivity (Wildman–Crippen MR) is 129 cm³/mol. The first kappa shape index (κ1) is 23.7. The van der Waals surface area contributed by atoms with Crippen molar-refractivity contribution in [1.29, 1.82) is 0 Å². The molecule has 0 saturated carbocycles. The van der Waals surface area contributed by atoms with E-state index in [-0.39, 0.29) is 37.2 Å². The Labute approximate surface area is 214 Å². The summed E-state index contributed by atoms with van der Waals surface area (Å²) in [7, 11) is 0. The van der Waals surface area contributed by atoms with Crippen LogP contribution in [0.2, 0.25) is 0 Å². The highest BCUT2D eigenvalue weighted by molar-refractivity contribution is 5.91. The number of carbonyl (C=O) groups excluding carboxylic acids is 2. The monoisotopic (exact) mass is 507 g/mol. The van der Waals surface area contributed by atoms with Gasteiger partial charge in [-0.3, -0.25) is 14.4 Å². The first-order chi connectivity index (χ1) is 17.9. The number of likely N-dealkylation sites (tertiary alicyclic amines) is 2. The number of aliphatic carboxylic acids is 1. The zero-order valence-electron chi connectivity index (χ0n) is 20.5. The number of rotatable bonds is 6. The van der Waals surface area contributed by atoms with Gasteiger partial charge >= 0.3 is 5.97 Å². The number of amides is 2. The maximum absolute atomic E-state index is 13.9. The molecule has 37 heavy (non-hydrogen) atoms. The Morgan fingerprint density at radius 2 is 1.86 bits per heavy atom. The lowest BCUT2D eigenvalue weighted by Crippen LogP contribution is -2.49. The van der Waals surface area contributed by atoms with Crippen molar-refractivity contribution in [1.82, 2.24) is 14.9 Å². The molecule has 6 rings (SSSR count). The van der Waals surface area contributed by atoms with E-state index in [1.54, 1.807) is 4.90 Å². The molecule has 10 heteroatoms. The summed E-state index contributed by atoms with van der Waals surface area (Å²) in [5, 5.41) is 11.4. The van der Waals surface area contributed by atoms with Crippen LogP contribution in [0.3, 0.4) is 0 Å². The molecule has 5 unspecified atom stereocenters. The first-order valence-electron chi connectivity index (χ1n) is 12.6. The van der Waals surface area contributed by atoms with Gasteiger partial charge in [0, 0.05) is 19.1 Å². The van der Waals surface area contributed by atoms with E-state index >= 15 is 0 Å². The number of carboxylic acid groups (broad SMARTS) is 1. The predicted octanol–water partition coefficient (Wildman–Crippen LogP) is 2.19. The molecule has 0 aliphatic carbocycles. The van der Waals surface area contributed by atoms with Crippen molar-refractivity contribution >= 4 is 17.8 Å². The molecule has 2 aromatic carbocycles. The van der Waals surface area contributed by atoms with Crippen molar-refractivity contribution in [3.63, 3.8) is 0 Å². The molecular formula is C27H29N3O7. The van der Waals surface area contributed by atoms with Crippen LogP contribution in [0.4, 0.5) is 0 Å². The summed E-state index contributed by atoms with van der Waals surface area (Å²) in [6, 6.07) is 14.0. The largest absolute Gasteiger partial charge is 0.480 e. The summed E-state index contributed by atoms with van der Waals surface area (Å²) >= 11 is 0. The minimum absolute atomic E-state index is 0.149. The third-order valence-corrected chi connectivity index (χ3v) is 7.90. The van der Waals surface area contributed by atoms with Crippen molar-refractivity contribution in [3.8, 4) is 11.5 Å². The van der Waals surface area contributed by atoms with E-state index in [4.69, 9.17) is 14.3 Å². The van der Waals surface area contributed by atoms with E-state index in [0.717, 1.165) is 11.1 Å². The highest BCUT2D eigenvalue weighted by Gasteiger charge is 2.58. The molecule has 0 radical (unpaired) electrons. The fourth-order valence-corrected chi connectivity index (χ4v) is 6.08. The van der Waals surface area contributed by atoms with Gasteiger partial charge in [0.15, 0.2) is 11.5 Å². The molecule has 10 nitrogen and oxygen atoms in total. The number of carboxylic acids is 1. The Morgan fingerprint density at radius 1 is 1.08 bits per heavy atom. The quantitative estimate of drug-likeness (QED) is 0.634. The normalized spacial score (nSPS) is 28.7. The summed E-state index contributed by atoms with van der Waals surface area (Å²) < 4.78 is 11.0. The molecule has 4 heterocycles. The van der Waals surface area contributed by atoms with Crippen LogP contribution >= 0.6 is 0 Å². The highest BCUT2D eigenvalue weighted by atomic mass is 16.7. The van der Waals surface area contributed by atoms with Gasteiger partial charge in [0.2, 0.25) is 18.6 Å².